The van der Waals surface area contributed by atoms with Crippen LogP contribution >= 0.6 is 27.3 Å². The summed E-state index contributed by atoms with van der Waals surface area (Å²) in [4.78, 5) is 4.42. The van der Waals surface area contributed by atoms with Crippen molar-refractivity contribution in [1.82, 2.24) is 10.3 Å². The van der Waals surface area contributed by atoms with Gasteiger partial charge in [-0.2, -0.15) is 0 Å². The smallest absolute Gasteiger partial charge is 0.127 e. The van der Waals surface area contributed by atoms with Gasteiger partial charge >= 0.3 is 0 Å². The highest BCUT2D eigenvalue weighted by Gasteiger charge is 2.10. The van der Waals surface area contributed by atoms with Gasteiger partial charge in [-0.25, -0.2) is 9.37 Å². The third-order valence-corrected chi connectivity index (χ3v) is 3.97. The molecular formula is C13H14BrFN2S. The molecule has 1 N–H and O–H groups in total. The average molecular weight is 329 g/mol. The lowest BCUT2D eigenvalue weighted by Gasteiger charge is -2.12. The zero-order valence-corrected chi connectivity index (χ0v) is 12.6. The van der Waals surface area contributed by atoms with Gasteiger partial charge in [0.05, 0.1) is 10.7 Å². The van der Waals surface area contributed by atoms with Crippen LogP contribution in [0, 0.1) is 12.7 Å². The number of nitrogens with one attached hydrogen (secondary N) is 1. The van der Waals surface area contributed by atoms with Gasteiger partial charge in [0.2, 0.25) is 0 Å². The van der Waals surface area contributed by atoms with Crippen molar-refractivity contribution in [2.24, 2.45) is 0 Å². The lowest BCUT2D eigenvalue weighted by molar-refractivity contribution is 0.537. The molecule has 2 rings (SSSR count). The second kappa shape index (κ2) is 5.91. The Bertz CT molecular complexity index is 542. The third kappa shape index (κ3) is 3.37. The molecule has 0 spiro atoms. The van der Waals surface area contributed by atoms with Crippen LogP contribution in [0.5, 0.6) is 0 Å². The summed E-state index contributed by atoms with van der Waals surface area (Å²) in [5, 5.41) is 6.36. The molecule has 1 atom stereocenters. The molecule has 1 aromatic carbocycles. The Morgan fingerprint density at radius 1 is 1.50 bits per heavy atom. The second-order valence-electron chi connectivity index (χ2n) is 4.13. The Morgan fingerprint density at radius 2 is 2.28 bits per heavy atom. The van der Waals surface area contributed by atoms with Crippen LogP contribution < -0.4 is 5.32 Å². The number of aromatic nitrogens is 1. The Morgan fingerprint density at radius 3 is 2.94 bits per heavy atom. The fourth-order valence-electron chi connectivity index (χ4n) is 1.63. The van der Waals surface area contributed by atoms with Gasteiger partial charge in [-0.05, 0) is 32.0 Å². The van der Waals surface area contributed by atoms with Crippen molar-refractivity contribution in [3.05, 3.63) is 50.1 Å². The predicted octanol–water partition coefficient (Wildman–Crippen LogP) is 4.20. The van der Waals surface area contributed by atoms with Crippen molar-refractivity contribution in [3.63, 3.8) is 0 Å². The van der Waals surface area contributed by atoms with Crippen molar-refractivity contribution in [2.75, 3.05) is 0 Å². The molecule has 96 valence electrons. The molecule has 0 radical (unpaired) electrons. The topological polar surface area (TPSA) is 24.9 Å². The largest absolute Gasteiger partial charge is 0.305 e. The zero-order valence-electron chi connectivity index (χ0n) is 10.2. The van der Waals surface area contributed by atoms with Crippen molar-refractivity contribution >= 4 is 27.3 Å². The van der Waals surface area contributed by atoms with Gasteiger partial charge in [0.15, 0.2) is 0 Å². The fraction of sp³-hybridized carbons (Fsp3) is 0.308. The number of rotatable bonds is 4. The van der Waals surface area contributed by atoms with Crippen LogP contribution in [0.4, 0.5) is 4.39 Å². The van der Waals surface area contributed by atoms with Gasteiger partial charge in [-0.3, -0.25) is 0 Å². The minimum absolute atomic E-state index is 0.119. The summed E-state index contributed by atoms with van der Waals surface area (Å²) in [7, 11) is 0. The first-order valence-electron chi connectivity index (χ1n) is 5.65. The van der Waals surface area contributed by atoms with E-state index in [1.54, 1.807) is 23.5 Å². The normalized spacial score (nSPS) is 12.7. The number of halogens is 2. The van der Waals surface area contributed by atoms with Gasteiger partial charge in [0.1, 0.15) is 5.82 Å². The predicted molar refractivity (Wildman–Crippen MR) is 76.2 cm³/mol. The zero-order chi connectivity index (χ0) is 13.1. The van der Waals surface area contributed by atoms with E-state index in [4.69, 9.17) is 0 Å². The molecule has 1 unspecified atom stereocenters. The van der Waals surface area contributed by atoms with E-state index in [-0.39, 0.29) is 11.9 Å². The lowest BCUT2D eigenvalue weighted by atomic mass is 10.2. The van der Waals surface area contributed by atoms with E-state index in [9.17, 15) is 4.39 Å². The van der Waals surface area contributed by atoms with Crippen molar-refractivity contribution in [1.29, 1.82) is 0 Å². The third-order valence-electron chi connectivity index (χ3n) is 2.69. The lowest BCUT2D eigenvalue weighted by Crippen LogP contribution is -2.19. The Kier molecular flexibility index (Phi) is 4.48. The highest BCUT2D eigenvalue weighted by Crippen LogP contribution is 2.18. The summed E-state index contributed by atoms with van der Waals surface area (Å²) in [6.07, 6.45) is 0. The highest BCUT2D eigenvalue weighted by atomic mass is 79.9. The quantitative estimate of drug-likeness (QED) is 0.909. The van der Waals surface area contributed by atoms with E-state index in [0.717, 1.165) is 15.2 Å². The number of aryl methyl sites for hydroxylation is 1. The molecule has 0 aliphatic rings. The van der Waals surface area contributed by atoms with Crippen LogP contribution in [0.1, 0.15) is 29.2 Å². The number of hydrogen-bond acceptors (Lipinski definition) is 3. The monoisotopic (exact) mass is 328 g/mol. The minimum Gasteiger partial charge on any atom is -0.305 e. The number of hydrogen-bond donors (Lipinski definition) is 1. The summed E-state index contributed by atoms with van der Waals surface area (Å²) in [5.41, 5.74) is 1.66. The summed E-state index contributed by atoms with van der Waals surface area (Å²) in [6, 6.07) is 5.08. The molecule has 0 bridgehead atoms. The molecule has 0 saturated carbocycles. The molecule has 0 aliphatic heterocycles. The number of nitrogens with zero attached hydrogens (tertiary/aromatic N) is 1. The number of benzene rings is 1. The van der Waals surface area contributed by atoms with Crippen LogP contribution in [0.15, 0.2) is 28.1 Å². The van der Waals surface area contributed by atoms with Crippen LogP contribution in [0.25, 0.3) is 0 Å². The number of thiazole rings is 1. The Labute approximate surface area is 118 Å². The van der Waals surface area contributed by atoms with E-state index in [1.807, 2.05) is 19.2 Å². The SMILES string of the molecule is Cc1nc(C(C)NCc2cc(Br)ccc2F)cs1. The molecule has 1 aromatic heterocycles. The molecule has 0 amide bonds. The van der Waals surface area contributed by atoms with Crippen molar-refractivity contribution < 1.29 is 4.39 Å². The first-order chi connectivity index (χ1) is 8.56. The molecule has 2 nitrogen and oxygen atoms in total. The maximum absolute atomic E-state index is 13.6. The molecule has 0 saturated heterocycles. The summed E-state index contributed by atoms with van der Waals surface area (Å²) in [5.74, 6) is -0.188. The molecule has 5 heteroatoms. The second-order valence-corrected chi connectivity index (χ2v) is 6.11. The Hall–Kier alpha value is -0.780. The van der Waals surface area contributed by atoms with E-state index in [2.05, 4.69) is 26.2 Å². The van der Waals surface area contributed by atoms with Crippen LogP contribution in [0.2, 0.25) is 0 Å². The first-order valence-corrected chi connectivity index (χ1v) is 7.33. The van der Waals surface area contributed by atoms with E-state index in [1.165, 1.54) is 6.07 Å². The molecule has 18 heavy (non-hydrogen) atoms. The van der Waals surface area contributed by atoms with Crippen LogP contribution in [-0.2, 0) is 6.54 Å². The maximum atomic E-state index is 13.6. The first kappa shape index (κ1) is 13.6. The maximum Gasteiger partial charge on any atom is 0.127 e. The van der Waals surface area contributed by atoms with Gasteiger partial charge in [0, 0.05) is 28.0 Å². The molecule has 2 aromatic rings. The van der Waals surface area contributed by atoms with E-state index >= 15 is 0 Å². The fourth-order valence-corrected chi connectivity index (χ4v) is 2.74. The highest BCUT2D eigenvalue weighted by molar-refractivity contribution is 9.10. The molecule has 0 fully saturated rings. The summed E-state index contributed by atoms with van der Waals surface area (Å²) >= 11 is 4.97. The van der Waals surface area contributed by atoms with Gasteiger partial charge in [-0.1, -0.05) is 15.9 Å². The van der Waals surface area contributed by atoms with Crippen LogP contribution in [0.3, 0.4) is 0 Å². The average Bonchev–Trinajstić information content (AvgIpc) is 2.77. The minimum atomic E-state index is -0.188. The van der Waals surface area contributed by atoms with Crippen molar-refractivity contribution in [3.8, 4) is 0 Å². The molecule has 0 aliphatic carbocycles. The van der Waals surface area contributed by atoms with Gasteiger partial charge in [-0.15, -0.1) is 11.3 Å². The van der Waals surface area contributed by atoms with Gasteiger partial charge in [0.25, 0.3) is 0 Å². The van der Waals surface area contributed by atoms with Crippen LogP contribution in [-0.4, -0.2) is 4.98 Å². The van der Waals surface area contributed by atoms with E-state index < -0.39 is 0 Å². The standard InChI is InChI=1S/C13H14BrFN2S/c1-8(13-7-18-9(2)17-13)16-6-10-5-11(14)3-4-12(10)15/h3-5,7-8,16H,6H2,1-2H3. The Balaban J connectivity index is 2.01. The van der Waals surface area contributed by atoms with Crippen molar-refractivity contribution in [2.45, 2.75) is 26.4 Å². The summed E-state index contributed by atoms with van der Waals surface area (Å²) < 4.78 is 14.4. The van der Waals surface area contributed by atoms with Gasteiger partial charge < -0.3 is 5.32 Å². The molecule has 1 heterocycles. The summed E-state index contributed by atoms with van der Waals surface area (Å²) in [6.45, 7) is 4.50. The molecular weight excluding hydrogens is 315 g/mol. The van der Waals surface area contributed by atoms with E-state index in [0.29, 0.717) is 12.1 Å².